The van der Waals surface area contributed by atoms with Crippen molar-refractivity contribution in [3.8, 4) is 5.75 Å². The molecule has 2 aromatic rings. The average Bonchev–Trinajstić information content (AvgIpc) is 2.54. The van der Waals surface area contributed by atoms with Crippen molar-refractivity contribution in [3.63, 3.8) is 0 Å². The molecule has 0 radical (unpaired) electrons. The quantitative estimate of drug-likeness (QED) is 0.763. The number of benzene rings is 1. The van der Waals surface area contributed by atoms with Crippen LogP contribution in [0.25, 0.3) is 10.8 Å². The highest BCUT2D eigenvalue weighted by Gasteiger charge is 2.31. The van der Waals surface area contributed by atoms with Crippen LogP contribution in [-0.4, -0.2) is 40.8 Å². The van der Waals surface area contributed by atoms with E-state index in [-0.39, 0.29) is 6.09 Å². The summed E-state index contributed by atoms with van der Waals surface area (Å²) in [5, 5.41) is 1.93. The Kier molecular flexibility index (Phi) is 5.73. The number of fused-ring (bicyclic) bond motifs is 1. The Morgan fingerprint density at radius 1 is 1.30 bits per heavy atom. The first-order valence-electron chi connectivity index (χ1n) is 9.60. The summed E-state index contributed by atoms with van der Waals surface area (Å²) in [7, 11) is 0. The first kappa shape index (κ1) is 19.3. The van der Waals surface area contributed by atoms with Gasteiger partial charge in [-0.25, -0.2) is 9.78 Å². The van der Waals surface area contributed by atoms with Crippen LogP contribution in [0, 0.1) is 0 Å². The van der Waals surface area contributed by atoms with E-state index in [4.69, 9.17) is 15.2 Å². The van der Waals surface area contributed by atoms with Gasteiger partial charge in [0.1, 0.15) is 17.2 Å². The summed E-state index contributed by atoms with van der Waals surface area (Å²) in [5.41, 5.74) is 5.40. The van der Waals surface area contributed by atoms with Crippen LogP contribution in [0.3, 0.4) is 0 Å². The van der Waals surface area contributed by atoms with Gasteiger partial charge in [0.15, 0.2) is 0 Å². The van der Waals surface area contributed by atoms with Gasteiger partial charge in [0, 0.05) is 24.2 Å². The lowest BCUT2D eigenvalue weighted by atomic mass is 9.91. The van der Waals surface area contributed by atoms with Crippen LogP contribution in [0.15, 0.2) is 30.5 Å². The fraction of sp³-hybridized carbons (Fsp3) is 0.524. The lowest BCUT2D eigenvalue weighted by Crippen LogP contribution is -2.47. The number of carbonyl (C=O) groups excluding carboxylic acids is 1. The number of anilines is 1. The van der Waals surface area contributed by atoms with Gasteiger partial charge in [0.25, 0.3) is 0 Å². The number of hydrogen-bond acceptors (Lipinski definition) is 5. The fourth-order valence-corrected chi connectivity index (χ4v) is 3.14. The normalized spacial score (nSPS) is 14.6. The van der Waals surface area contributed by atoms with Gasteiger partial charge in [-0.05, 0) is 76.1 Å². The highest BCUT2D eigenvalue weighted by Crippen LogP contribution is 2.27. The summed E-state index contributed by atoms with van der Waals surface area (Å²) < 4.78 is 11.4. The van der Waals surface area contributed by atoms with Crippen molar-refractivity contribution < 1.29 is 14.3 Å². The van der Waals surface area contributed by atoms with Gasteiger partial charge in [0.05, 0.1) is 6.61 Å². The van der Waals surface area contributed by atoms with E-state index >= 15 is 0 Å². The van der Waals surface area contributed by atoms with E-state index in [2.05, 4.69) is 4.98 Å². The zero-order valence-electron chi connectivity index (χ0n) is 16.4. The molecule has 6 nitrogen and oxygen atoms in total. The predicted octanol–water partition coefficient (Wildman–Crippen LogP) is 4.38. The largest absolute Gasteiger partial charge is 0.494 e. The number of carbonyl (C=O) groups is 1. The molecule has 1 saturated carbocycles. The van der Waals surface area contributed by atoms with Crippen LogP contribution in [0.5, 0.6) is 5.75 Å². The van der Waals surface area contributed by atoms with Gasteiger partial charge in [-0.2, -0.15) is 0 Å². The third-order valence-electron chi connectivity index (χ3n) is 4.72. The summed E-state index contributed by atoms with van der Waals surface area (Å²) in [6, 6.07) is 8.01. The molecule has 6 heteroatoms. The Morgan fingerprint density at radius 3 is 2.74 bits per heavy atom. The van der Waals surface area contributed by atoms with Gasteiger partial charge < -0.3 is 20.1 Å². The van der Waals surface area contributed by atoms with Crippen molar-refractivity contribution in [2.24, 2.45) is 0 Å². The van der Waals surface area contributed by atoms with Crippen molar-refractivity contribution in [3.05, 3.63) is 30.5 Å². The Bertz CT molecular complexity index is 797. The van der Waals surface area contributed by atoms with Crippen LogP contribution in [0.2, 0.25) is 0 Å². The number of nitrogen functional groups attached to an aromatic ring is 1. The minimum atomic E-state index is -0.475. The molecule has 0 saturated heterocycles. The molecule has 1 heterocycles. The number of ether oxygens (including phenoxy) is 2. The molecule has 27 heavy (non-hydrogen) atoms. The first-order valence-corrected chi connectivity index (χ1v) is 9.60. The summed E-state index contributed by atoms with van der Waals surface area (Å²) in [6.07, 6.45) is 5.52. The third kappa shape index (κ3) is 5.02. The third-order valence-corrected chi connectivity index (χ3v) is 4.72. The van der Waals surface area contributed by atoms with Crippen LogP contribution < -0.4 is 10.5 Å². The van der Waals surface area contributed by atoms with Crippen LogP contribution in [-0.2, 0) is 4.74 Å². The van der Waals surface area contributed by atoms with Gasteiger partial charge in [-0.15, -0.1) is 0 Å². The maximum absolute atomic E-state index is 12.5. The monoisotopic (exact) mass is 371 g/mol. The van der Waals surface area contributed by atoms with E-state index in [0.717, 1.165) is 35.8 Å². The molecule has 1 aliphatic carbocycles. The molecule has 1 amide bonds. The zero-order valence-corrected chi connectivity index (χ0v) is 16.4. The minimum Gasteiger partial charge on any atom is -0.494 e. The molecule has 1 fully saturated rings. The van der Waals surface area contributed by atoms with E-state index in [1.807, 2.05) is 49.9 Å². The molecular formula is C21H29N3O3. The standard InChI is InChI=1S/C21H29N3O3/c1-21(2,3)27-20(25)24(16-6-4-7-16)12-5-13-26-17-8-9-18-15(14-17)10-11-23-19(18)22/h8-11,14,16H,4-7,12-13H2,1-3H3,(H2,22,23). The molecular weight excluding hydrogens is 342 g/mol. The fourth-order valence-electron chi connectivity index (χ4n) is 3.14. The molecule has 0 aliphatic heterocycles. The summed E-state index contributed by atoms with van der Waals surface area (Å²) in [4.78, 5) is 18.4. The predicted molar refractivity (Wildman–Crippen MR) is 107 cm³/mol. The summed E-state index contributed by atoms with van der Waals surface area (Å²) in [5.74, 6) is 1.31. The van der Waals surface area contributed by atoms with E-state index in [0.29, 0.717) is 25.0 Å². The van der Waals surface area contributed by atoms with E-state index < -0.39 is 5.60 Å². The highest BCUT2D eigenvalue weighted by molar-refractivity contribution is 5.91. The van der Waals surface area contributed by atoms with Gasteiger partial charge in [-0.3, -0.25) is 0 Å². The maximum atomic E-state index is 12.5. The van der Waals surface area contributed by atoms with Crippen molar-refractivity contribution in [2.45, 2.75) is 58.1 Å². The summed E-state index contributed by atoms with van der Waals surface area (Å²) >= 11 is 0. The van der Waals surface area contributed by atoms with E-state index in [9.17, 15) is 4.79 Å². The molecule has 1 aromatic carbocycles. The number of aromatic nitrogens is 1. The molecule has 146 valence electrons. The van der Waals surface area contributed by atoms with Gasteiger partial charge in [0.2, 0.25) is 0 Å². The average molecular weight is 371 g/mol. The topological polar surface area (TPSA) is 77.7 Å². The Balaban J connectivity index is 1.53. The Morgan fingerprint density at radius 2 is 2.07 bits per heavy atom. The molecule has 1 aromatic heterocycles. The maximum Gasteiger partial charge on any atom is 0.410 e. The molecule has 0 spiro atoms. The van der Waals surface area contributed by atoms with Crippen LogP contribution >= 0.6 is 0 Å². The summed E-state index contributed by atoms with van der Waals surface area (Å²) in [6.45, 7) is 6.88. The van der Waals surface area contributed by atoms with Crippen LogP contribution in [0.1, 0.15) is 46.5 Å². The Hall–Kier alpha value is -2.50. The number of nitrogens with two attached hydrogens (primary N) is 1. The molecule has 1 aliphatic rings. The first-order chi connectivity index (χ1) is 12.8. The molecule has 3 rings (SSSR count). The second-order valence-electron chi connectivity index (χ2n) is 8.04. The lowest BCUT2D eigenvalue weighted by Gasteiger charge is -2.38. The van der Waals surface area contributed by atoms with Crippen molar-refractivity contribution >= 4 is 22.7 Å². The van der Waals surface area contributed by atoms with Crippen LogP contribution in [0.4, 0.5) is 10.6 Å². The number of amides is 1. The van der Waals surface area contributed by atoms with E-state index in [1.165, 1.54) is 6.42 Å². The number of pyridine rings is 1. The molecule has 0 atom stereocenters. The SMILES string of the molecule is CC(C)(C)OC(=O)N(CCCOc1ccc2c(N)nccc2c1)C1CCC1. The number of nitrogens with zero attached hydrogens (tertiary/aromatic N) is 2. The van der Waals surface area contributed by atoms with Gasteiger partial charge in [-0.1, -0.05) is 0 Å². The van der Waals surface area contributed by atoms with Crippen molar-refractivity contribution in [2.75, 3.05) is 18.9 Å². The molecule has 2 N–H and O–H groups in total. The molecule has 0 bridgehead atoms. The Labute approximate surface area is 160 Å². The van der Waals surface area contributed by atoms with Gasteiger partial charge >= 0.3 is 6.09 Å². The highest BCUT2D eigenvalue weighted by atomic mass is 16.6. The second-order valence-corrected chi connectivity index (χ2v) is 8.04. The number of hydrogen-bond donors (Lipinski definition) is 1. The zero-order chi connectivity index (χ0) is 19.4. The number of rotatable bonds is 6. The second kappa shape index (κ2) is 8.03. The smallest absolute Gasteiger partial charge is 0.410 e. The minimum absolute atomic E-state index is 0.221. The lowest BCUT2D eigenvalue weighted by molar-refractivity contribution is 0.00604. The van der Waals surface area contributed by atoms with E-state index in [1.54, 1.807) is 6.20 Å². The van der Waals surface area contributed by atoms with Crippen molar-refractivity contribution in [1.82, 2.24) is 9.88 Å². The molecule has 0 unspecified atom stereocenters. The van der Waals surface area contributed by atoms with Crippen molar-refractivity contribution in [1.29, 1.82) is 0 Å².